The van der Waals surface area contributed by atoms with Crippen LogP contribution in [0.25, 0.3) is 0 Å². The van der Waals surface area contributed by atoms with Gasteiger partial charge in [0.15, 0.2) is 11.6 Å². The van der Waals surface area contributed by atoms with Crippen molar-refractivity contribution >= 4 is 5.69 Å². The van der Waals surface area contributed by atoms with Crippen molar-refractivity contribution in [2.45, 2.75) is 13.0 Å². The van der Waals surface area contributed by atoms with Crippen molar-refractivity contribution in [1.29, 1.82) is 5.26 Å². The molecule has 20 heavy (non-hydrogen) atoms. The number of nitrogens with one attached hydrogen (secondary N) is 1. The van der Waals surface area contributed by atoms with Gasteiger partial charge in [-0.05, 0) is 36.8 Å². The number of nitriles is 1. The van der Waals surface area contributed by atoms with Crippen LogP contribution in [0.5, 0.6) is 5.75 Å². The summed E-state index contributed by atoms with van der Waals surface area (Å²) in [5.41, 5.74) is 2.52. The predicted molar refractivity (Wildman–Crippen MR) is 76.1 cm³/mol. The summed E-state index contributed by atoms with van der Waals surface area (Å²) in [5.74, 6) is -0.309. The van der Waals surface area contributed by atoms with Crippen LogP contribution in [-0.2, 0) is 0 Å². The number of halogens is 1. The smallest absolute Gasteiger partial charge is 0.165 e. The van der Waals surface area contributed by atoms with Gasteiger partial charge in [-0.25, -0.2) is 4.39 Å². The molecule has 0 fully saturated rings. The Morgan fingerprint density at radius 1 is 1.20 bits per heavy atom. The summed E-state index contributed by atoms with van der Waals surface area (Å²) in [6.45, 7) is 1.99. The van der Waals surface area contributed by atoms with Crippen molar-refractivity contribution in [2.75, 3.05) is 12.4 Å². The summed E-state index contributed by atoms with van der Waals surface area (Å²) in [6.07, 6.45) is 0. The van der Waals surface area contributed by atoms with Gasteiger partial charge in [0.25, 0.3) is 0 Å². The molecule has 0 bridgehead atoms. The summed E-state index contributed by atoms with van der Waals surface area (Å²) in [6, 6.07) is 13.7. The molecule has 1 unspecified atom stereocenters. The minimum Gasteiger partial charge on any atom is -0.494 e. The Morgan fingerprint density at radius 2 is 1.90 bits per heavy atom. The fourth-order valence-electron chi connectivity index (χ4n) is 1.87. The van der Waals surface area contributed by atoms with Gasteiger partial charge in [0.2, 0.25) is 0 Å². The Morgan fingerprint density at radius 3 is 2.45 bits per heavy atom. The van der Waals surface area contributed by atoms with Gasteiger partial charge in [-0.3, -0.25) is 0 Å². The summed E-state index contributed by atoms with van der Waals surface area (Å²) >= 11 is 0. The lowest BCUT2D eigenvalue weighted by Crippen LogP contribution is -2.09. The van der Waals surface area contributed by atoms with Crippen molar-refractivity contribution in [2.24, 2.45) is 0 Å². The molecule has 2 rings (SSSR count). The monoisotopic (exact) mass is 270 g/mol. The van der Waals surface area contributed by atoms with E-state index in [1.165, 1.54) is 19.2 Å². The molecular formula is C16H15FN2O. The summed E-state index contributed by atoms with van der Waals surface area (Å²) in [7, 11) is 1.41. The van der Waals surface area contributed by atoms with Gasteiger partial charge in [-0.1, -0.05) is 23.8 Å². The van der Waals surface area contributed by atoms with Gasteiger partial charge < -0.3 is 10.1 Å². The topological polar surface area (TPSA) is 45.0 Å². The van der Waals surface area contributed by atoms with Gasteiger partial charge in [0, 0.05) is 5.69 Å². The second-order valence-corrected chi connectivity index (χ2v) is 4.47. The maximum absolute atomic E-state index is 13.7. The average Bonchev–Trinajstić information content (AvgIpc) is 2.46. The van der Waals surface area contributed by atoms with Crippen molar-refractivity contribution in [3.8, 4) is 11.8 Å². The fraction of sp³-hybridized carbons (Fsp3) is 0.188. The standard InChI is InChI=1S/C16H15FN2O/c1-11-3-6-13(7-4-11)19-15(10-18)12-5-8-16(20-2)14(17)9-12/h3-9,15,19H,1-2H3. The molecule has 0 radical (unpaired) electrons. The van der Waals surface area contributed by atoms with Crippen LogP contribution in [0.4, 0.5) is 10.1 Å². The number of hydrogen-bond donors (Lipinski definition) is 1. The molecule has 1 N–H and O–H groups in total. The zero-order valence-corrected chi connectivity index (χ0v) is 11.4. The summed E-state index contributed by atoms with van der Waals surface area (Å²) in [5, 5.41) is 12.3. The lowest BCUT2D eigenvalue weighted by molar-refractivity contribution is 0.386. The van der Waals surface area contributed by atoms with Crippen LogP contribution in [-0.4, -0.2) is 7.11 Å². The van der Waals surface area contributed by atoms with Crippen LogP contribution >= 0.6 is 0 Å². The number of anilines is 1. The minimum atomic E-state index is -0.613. The van der Waals surface area contributed by atoms with Crippen LogP contribution in [0.1, 0.15) is 17.2 Å². The third kappa shape index (κ3) is 3.07. The molecule has 2 aromatic carbocycles. The highest BCUT2D eigenvalue weighted by Crippen LogP contribution is 2.24. The first-order chi connectivity index (χ1) is 9.63. The van der Waals surface area contributed by atoms with Crippen LogP contribution in [0.2, 0.25) is 0 Å². The largest absolute Gasteiger partial charge is 0.494 e. The number of methoxy groups -OCH3 is 1. The number of rotatable bonds is 4. The Kier molecular flexibility index (Phi) is 4.21. The molecule has 0 aliphatic heterocycles. The first kappa shape index (κ1) is 13.9. The molecular weight excluding hydrogens is 255 g/mol. The minimum absolute atomic E-state index is 0.167. The first-order valence-corrected chi connectivity index (χ1v) is 6.20. The van der Waals surface area contributed by atoms with E-state index in [9.17, 15) is 9.65 Å². The van der Waals surface area contributed by atoms with Crippen molar-refractivity contribution in [3.05, 3.63) is 59.4 Å². The summed E-state index contributed by atoms with van der Waals surface area (Å²) < 4.78 is 18.5. The quantitative estimate of drug-likeness (QED) is 0.918. The second kappa shape index (κ2) is 6.07. The van der Waals surface area contributed by atoms with Gasteiger partial charge in [-0.2, -0.15) is 5.26 Å². The number of aryl methyl sites for hydroxylation is 1. The molecule has 2 aromatic rings. The molecule has 0 spiro atoms. The SMILES string of the molecule is COc1ccc(C(C#N)Nc2ccc(C)cc2)cc1F. The zero-order valence-electron chi connectivity index (χ0n) is 11.4. The molecule has 0 amide bonds. The first-order valence-electron chi connectivity index (χ1n) is 6.20. The number of ether oxygens (including phenoxy) is 1. The zero-order chi connectivity index (χ0) is 14.5. The second-order valence-electron chi connectivity index (χ2n) is 4.47. The van der Waals surface area contributed by atoms with Crippen LogP contribution in [0.15, 0.2) is 42.5 Å². The lowest BCUT2D eigenvalue weighted by atomic mass is 10.1. The van der Waals surface area contributed by atoms with E-state index >= 15 is 0 Å². The number of hydrogen-bond acceptors (Lipinski definition) is 3. The molecule has 1 atom stereocenters. The van der Waals surface area contributed by atoms with E-state index in [-0.39, 0.29) is 5.75 Å². The molecule has 0 saturated carbocycles. The molecule has 102 valence electrons. The maximum Gasteiger partial charge on any atom is 0.165 e. The molecule has 0 aliphatic carbocycles. The molecule has 0 heterocycles. The Bertz CT molecular complexity index is 632. The van der Waals surface area contributed by atoms with E-state index in [0.29, 0.717) is 5.56 Å². The highest BCUT2D eigenvalue weighted by molar-refractivity contribution is 5.49. The third-order valence-corrected chi connectivity index (χ3v) is 3.00. The van der Waals surface area contributed by atoms with E-state index < -0.39 is 11.9 Å². The Labute approximate surface area is 117 Å². The lowest BCUT2D eigenvalue weighted by Gasteiger charge is -2.14. The molecule has 0 saturated heterocycles. The molecule has 0 aliphatic rings. The normalized spacial score (nSPS) is 11.5. The van der Waals surface area contributed by atoms with Crippen LogP contribution in [0.3, 0.4) is 0 Å². The van der Waals surface area contributed by atoms with Crippen molar-refractivity contribution in [1.82, 2.24) is 0 Å². The van der Waals surface area contributed by atoms with E-state index in [4.69, 9.17) is 4.74 Å². The fourth-order valence-corrected chi connectivity index (χ4v) is 1.87. The Hall–Kier alpha value is -2.54. The number of benzene rings is 2. The van der Waals surface area contributed by atoms with Gasteiger partial charge in [0.05, 0.1) is 13.2 Å². The van der Waals surface area contributed by atoms with E-state index in [1.54, 1.807) is 6.07 Å². The Balaban J connectivity index is 2.22. The third-order valence-electron chi connectivity index (χ3n) is 3.00. The molecule has 4 heteroatoms. The molecule has 0 aromatic heterocycles. The van der Waals surface area contributed by atoms with Gasteiger partial charge >= 0.3 is 0 Å². The van der Waals surface area contributed by atoms with E-state index in [1.807, 2.05) is 31.2 Å². The van der Waals surface area contributed by atoms with Gasteiger partial charge in [0.1, 0.15) is 6.04 Å². The van der Waals surface area contributed by atoms with Gasteiger partial charge in [-0.15, -0.1) is 0 Å². The predicted octanol–water partition coefficient (Wildman–Crippen LogP) is 3.82. The van der Waals surface area contributed by atoms with Crippen LogP contribution < -0.4 is 10.1 Å². The van der Waals surface area contributed by atoms with E-state index in [2.05, 4.69) is 11.4 Å². The summed E-state index contributed by atoms with van der Waals surface area (Å²) in [4.78, 5) is 0. The molecule has 3 nitrogen and oxygen atoms in total. The maximum atomic E-state index is 13.7. The highest BCUT2D eigenvalue weighted by Gasteiger charge is 2.13. The average molecular weight is 270 g/mol. The van der Waals surface area contributed by atoms with Crippen LogP contribution in [0, 0.1) is 24.1 Å². The van der Waals surface area contributed by atoms with E-state index in [0.717, 1.165) is 11.3 Å². The van der Waals surface area contributed by atoms with Crippen molar-refractivity contribution < 1.29 is 9.13 Å². The van der Waals surface area contributed by atoms with Crippen molar-refractivity contribution in [3.63, 3.8) is 0 Å². The number of nitrogens with zero attached hydrogens (tertiary/aromatic N) is 1. The highest BCUT2D eigenvalue weighted by atomic mass is 19.1.